The quantitative estimate of drug-likeness (QED) is 0.307. The molecule has 0 saturated carbocycles. The van der Waals surface area contributed by atoms with E-state index in [1.807, 2.05) is 51.1 Å². The maximum absolute atomic E-state index is 14.5. The molecule has 228 valence electrons. The summed E-state index contributed by atoms with van der Waals surface area (Å²) in [5.41, 5.74) is 8.88. The number of alkyl halides is 3. The summed E-state index contributed by atoms with van der Waals surface area (Å²) >= 11 is 6.22. The van der Waals surface area contributed by atoms with Crippen LogP contribution in [-0.2, 0) is 15.8 Å². The van der Waals surface area contributed by atoms with E-state index in [9.17, 15) is 27.6 Å². The number of nitrogens with two attached hydrogens (primary N) is 1. The number of carbonyl (C=O) groups is 3. The Balaban J connectivity index is 1.87. The van der Waals surface area contributed by atoms with E-state index >= 15 is 0 Å². The van der Waals surface area contributed by atoms with Crippen LogP contribution in [0.25, 0.3) is 0 Å². The van der Waals surface area contributed by atoms with Gasteiger partial charge in [-0.05, 0) is 65.6 Å². The molecule has 3 aromatic carbocycles. The SMILES string of the molecule is CC(C)(C)CC(=O)NN1C(=O)[C@H](N(C(N)=O)c2cccc(Cl)c2)C[C@H](c2ccccc2)CC1c1ccc(C(F)(F)F)cc1. The molecular formula is C32H34ClF3N4O3. The summed E-state index contributed by atoms with van der Waals surface area (Å²) in [5.74, 6) is -1.44. The number of benzene rings is 3. The largest absolute Gasteiger partial charge is 0.416 e. The fourth-order valence-corrected chi connectivity index (χ4v) is 5.61. The summed E-state index contributed by atoms with van der Waals surface area (Å²) in [5, 5.41) is 1.48. The Morgan fingerprint density at radius 3 is 2.16 bits per heavy atom. The number of carbonyl (C=O) groups excluding carboxylic acids is 3. The van der Waals surface area contributed by atoms with E-state index in [4.69, 9.17) is 17.3 Å². The smallest absolute Gasteiger partial charge is 0.351 e. The van der Waals surface area contributed by atoms with Gasteiger partial charge in [-0.15, -0.1) is 0 Å². The van der Waals surface area contributed by atoms with Gasteiger partial charge in [0.15, 0.2) is 0 Å². The molecule has 1 aliphatic rings. The molecule has 1 aliphatic heterocycles. The number of primary amides is 1. The minimum absolute atomic E-state index is 0.0666. The Bertz CT molecular complexity index is 1460. The third kappa shape index (κ3) is 7.87. The van der Waals surface area contributed by atoms with Crippen molar-refractivity contribution >= 4 is 35.1 Å². The van der Waals surface area contributed by atoms with Gasteiger partial charge < -0.3 is 5.73 Å². The van der Waals surface area contributed by atoms with Crippen LogP contribution in [0.2, 0.25) is 5.02 Å². The van der Waals surface area contributed by atoms with Crippen molar-refractivity contribution in [2.45, 2.75) is 64.2 Å². The first kappa shape index (κ1) is 31.9. The number of halogens is 4. The number of hydrogen-bond donors (Lipinski definition) is 2. The van der Waals surface area contributed by atoms with Crippen molar-refractivity contribution < 1.29 is 27.6 Å². The topological polar surface area (TPSA) is 95.7 Å². The molecule has 11 heteroatoms. The zero-order valence-corrected chi connectivity index (χ0v) is 24.8. The number of urea groups is 1. The Morgan fingerprint density at radius 1 is 0.953 bits per heavy atom. The molecule has 4 amide bonds. The summed E-state index contributed by atoms with van der Waals surface area (Å²) in [7, 11) is 0. The van der Waals surface area contributed by atoms with Crippen molar-refractivity contribution in [3.05, 3.63) is 101 Å². The van der Waals surface area contributed by atoms with Crippen LogP contribution in [0, 0.1) is 5.41 Å². The Kier molecular flexibility index (Phi) is 9.39. The highest BCUT2D eigenvalue weighted by Gasteiger charge is 2.44. The average Bonchev–Trinajstić information content (AvgIpc) is 3.05. The van der Waals surface area contributed by atoms with Gasteiger partial charge in [0.2, 0.25) is 5.91 Å². The molecule has 43 heavy (non-hydrogen) atoms. The van der Waals surface area contributed by atoms with E-state index in [0.29, 0.717) is 16.3 Å². The molecule has 0 radical (unpaired) electrons. The van der Waals surface area contributed by atoms with Gasteiger partial charge in [0.1, 0.15) is 6.04 Å². The zero-order chi connectivity index (χ0) is 31.5. The Morgan fingerprint density at radius 2 is 1.60 bits per heavy atom. The number of hydrazine groups is 1. The molecule has 0 aromatic heterocycles. The first-order chi connectivity index (χ1) is 20.1. The van der Waals surface area contributed by atoms with Gasteiger partial charge in [-0.25, -0.2) is 9.80 Å². The summed E-state index contributed by atoms with van der Waals surface area (Å²) in [4.78, 5) is 41.8. The van der Waals surface area contributed by atoms with Crippen molar-refractivity contribution in [2.75, 3.05) is 4.90 Å². The Hall–Kier alpha value is -4.05. The van der Waals surface area contributed by atoms with Crippen LogP contribution >= 0.6 is 11.6 Å². The highest BCUT2D eigenvalue weighted by atomic mass is 35.5. The van der Waals surface area contributed by atoms with Crippen molar-refractivity contribution in [3.63, 3.8) is 0 Å². The van der Waals surface area contributed by atoms with Gasteiger partial charge >= 0.3 is 12.2 Å². The minimum Gasteiger partial charge on any atom is -0.351 e. The molecule has 0 aliphatic carbocycles. The highest BCUT2D eigenvalue weighted by molar-refractivity contribution is 6.31. The molecule has 3 aromatic rings. The first-order valence-electron chi connectivity index (χ1n) is 13.8. The van der Waals surface area contributed by atoms with Gasteiger partial charge in [0.05, 0.1) is 11.6 Å². The van der Waals surface area contributed by atoms with E-state index in [1.54, 1.807) is 18.2 Å². The van der Waals surface area contributed by atoms with Crippen LogP contribution in [0.4, 0.5) is 23.7 Å². The molecule has 1 fully saturated rings. The van der Waals surface area contributed by atoms with Gasteiger partial charge in [0.25, 0.3) is 5.91 Å². The summed E-state index contributed by atoms with van der Waals surface area (Å²) in [6, 6.07) is 17.3. The summed E-state index contributed by atoms with van der Waals surface area (Å²) in [6.07, 6.45) is -4.11. The third-order valence-electron chi connectivity index (χ3n) is 7.32. The molecule has 1 unspecified atom stereocenters. The number of rotatable bonds is 6. The minimum atomic E-state index is -4.55. The van der Waals surface area contributed by atoms with E-state index in [2.05, 4.69) is 5.43 Å². The lowest BCUT2D eigenvalue weighted by Crippen LogP contribution is -2.57. The van der Waals surface area contributed by atoms with Crippen LogP contribution in [0.1, 0.15) is 68.7 Å². The van der Waals surface area contributed by atoms with Crippen molar-refractivity contribution in [1.29, 1.82) is 0 Å². The molecule has 1 saturated heterocycles. The lowest BCUT2D eigenvalue weighted by Gasteiger charge is -2.35. The van der Waals surface area contributed by atoms with E-state index in [0.717, 1.165) is 27.6 Å². The Labute approximate surface area is 253 Å². The number of hydrogen-bond acceptors (Lipinski definition) is 3. The predicted octanol–water partition coefficient (Wildman–Crippen LogP) is 7.23. The second-order valence-corrected chi connectivity index (χ2v) is 12.3. The number of amides is 4. The molecule has 4 rings (SSSR count). The van der Waals surface area contributed by atoms with Crippen molar-refractivity contribution in [2.24, 2.45) is 11.1 Å². The van der Waals surface area contributed by atoms with E-state index in [1.165, 1.54) is 18.2 Å². The van der Waals surface area contributed by atoms with Crippen LogP contribution in [-0.4, -0.2) is 28.9 Å². The van der Waals surface area contributed by atoms with Gasteiger partial charge in [-0.3, -0.25) is 19.9 Å². The number of nitrogens with zero attached hydrogens (tertiary/aromatic N) is 2. The second kappa shape index (κ2) is 12.7. The summed E-state index contributed by atoms with van der Waals surface area (Å²) in [6.45, 7) is 5.60. The lowest BCUT2D eigenvalue weighted by atomic mass is 9.86. The third-order valence-corrected chi connectivity index (χ3v) is 7.55. The number of nitrogens with one attached hydrogen (secondary N) is 1. The molecule has 0 spiro atoms. The highest BCUT2D eigenvalue weighted by Crippen LogP contribution is 2.41. The fourth-order valence-electron chi connectivity index (χ4n) is 5.42. The maximum Gasteiger partial charge on any atom is 0.416 e. The van der Waals surface area contributed by atoms with Gasteiger partial charge in [-0.2, -0.15) is 13.2 Å². The zero-order valence-electron chi connectivity index (χ0n) is 24.1. The van der Waals surface area contributed by atoms with Crippen molar-refractivity contribution in [3.8, 4) is 0 Å². The number of anilines is 1. The second-order valence-electron chi connectivity index (χ2n) is 11.9. The maximum atomic E-state index is 14.5. The molecule has 0 bridgehead atoms. The van der Waals surface area contributed by atoms with Crippen LogP contribution in [0.3, 0.4) is 0 Å². The lowest BCUT2D eigenvalue weighted by molar-refractivity contribution is -0.145. The normalized spacial score (nSPS) is 19.5. The van der Waals surface area contributed by atoms with E-state index in [-0.39, 0.29) is 25.2 Å². The molecule has 3 atom stereocenters. The predicted molar refractivity (Wildman–Crippen MR) is 159 cm³/mol. The molecule has 1 heterocycles. The standard InChI is InChI=1S/C32H34ClF3N4O3/c1-31(2,3)19-28(41)38-40-26(21-12-14-23(15-13-21)32(34,35)36)16-22(20-8-5-4-6-9-20)17-27(29(40)42)39(30(37)43)25-11-7-10-24(33)18-25/h4-15,18,22,26-27H,16-17,19H2,1-3H3,(H2,37,43)(H,38,41)/t22-,26?,27-/m1/s1. The van der Waals surface area contributed by atoms with Gasteiger partial charge in [0, 0.05) is 17.1 Å². The molecule has 7 nitrogen and oxygen atoms in total. The van der Waals surface area contributed by atoms with Gasteiger partial charge in [-0.1, -0.05) is 80.9 Å². The summed E-state index contributed by atoms with van der Waals surface area (Å²) < 4.78 is 40.2. The average molecular weight is 615 g/mol. The van der Waals surface area contributed by atoms with Crippen molar-refractivity contribution in [1.82, 2.24) is 10.4 Å². The van der Waals surface area contributed by atoms with Crippen LogP contribution in [0.5, 0.6) is 0 Å². The van der Waals surface area contributed by atoms with Crippen LogP contribution in [0.15, 0.2) is 78.9 Å². The molecular weight excluding hydrogens is 581 g/mol. The monoisotopic (exact) mass is 614 g/mol. The fraction of sp³-hybridized carbons (Fsp3) is 0.344. The van der Waals surface area contributed by atoms with E-state index < -0.39 is 47.1 Å². The van der Waals surface area contributed by atoms with Crippen LogP contribution < -0.4 is 16.1 Å². The molecule has 3 N–H and O–H groups in total. The first-order valence-corrected chi connectivity index (χ1v) is 14.2.